The minimum absolute atomic E-state index is 0.0965. The van der Waals surface area contributed by atoms with Crippen LogP contribution < -0.4 is 14.8 Å². The van der Waals surface area contributed by atoms with E-state index in [9.17, 15) is 0 Å². The summed E-state index contributed by atoms with van der Waals surface area (Å²) in [6, 6.07) is 9.23. The Balaban J connectivity index is 2.21. The van der Waals surface area contributed by atoms with Crippen molar-refractivity contribution in [2.75, 3.05) is 19.8 Å². The molecule has 0 aromatic heterocycles. The molecule has 2 rings (SSSR count). The molecular weight excluding hydrogens is 429 g/mol. The Morgan fingerprint density at radius 3 is 2.52 bits per heavy atom. The highest BCUT2D eigenvalue weighted by Crippen LogP contribution is 2.38. The van der Waals surface area contributed by atoms with E-state index in [0.717, 1.165) is 15.6 Å². The van der Waals surface area contributed by atoms with Crippen LogP contribution in [0.1, 0.15) is 18.1 Å². The molecule has 136 valence electrons. The Morgan fingerprint density at radius 2 is 1.88 bits per heavy atom. The number of rotatable bonds is 9. The highest BCUT2D eigenvalue weighted by atomic mass is 79.9. The molecule has 2 aromatic carbocycles. The lowest BCUT2D eigenvalue weighted by atomic mass is 10.2. The quantitative estimate of drug-likeness (QED) is 0.540. The van der Waals surface area contributed by atoms with Gasteiger partial charge in [0.1, 0.15) is 6.61 Å². The van der Waals surface area contributed by atoms with Crippen LogP contribution in [0.3, 0.4) is 0 Å². The lowest BCUT2D eigenvalue weighted by Crippen LogP contribution is -2.17. The first kappa shape index (κ1) is 20.3. The van der Waals surface area contributed by atoms with Gasteiger partial charge in [0.25, 0.3) is 0 Å². The standard InChI is InChI=1S/C18H20BrCl2NO3/c1-2-24-17-9-12(10-22-6-7-23)8-14(19)18(17)25-11-13-15(20)4-3-5-16(13)21/h3-5,8-9,22-23H,2,6-7,10-11H2,1H3. The van der Waals surface area contributed by atoms with E-state index in [1.54, 1.807) is 18.2 Å². The van der Waals surface area contributed by atoms with Gasteiger partial charge in [-0.2, -0.15) is 0 Å². The van der Waals surface area contributed by atoms with Crippen molar-refractivity contribution >= 4 is 39.1 Å². The predicted molar refractivity (Wildman–Crippen MR) is 105 cm³/mol. The van der Waals surface area contributed by atoms with Crippen LogP contribution in [0.5, 0.6) is 11.5 Å². The Kier molecular flexibility index (Phi) is 8.33. The van der Waals surface area contributed by atoms with Gasteiger partial charge in [0.15, 0.2) is 11.5 Å². The fraction of sp³-hybridized carbons (Fsp3) is 0.333. The van der Waals surface area contributed by atoms with Crippen LogP contribution in [0.2, 0.25) is 10.0 Å². The third-order valence-corrected chi connectivity index (χ3v) is 4.71. The summed E-state index contributed by atoms with van der Waals surface area (Å²) in [6.07, 6.45) is 0. The molecule has 0 radical (unpaired) electrons. The first-order chi connectivity index (χ1) is 12.1. The molecule has 7 heteroatoms. The molecular formula is C18H20BrCl2NO3. The van der Waals surface area contributed by atoms with Crippen LogP contribution in [0, 0.1) is 0 Å². The summed E-state index contributed by atoms with van der Waals surface area (Å²) in [5, 5.41) is 13.1. The van der Waals surface area contributed by atoms with Gasteiger partial charge in [-0.05, 0) is 52.7 Å². The van der Waals surface area contributed by atoms with Crippen molar-refractivity contribution in [2.45, 2.75) is 20.1 Å². The number of benzene rings is 2. The zero-order valence-electron chi connectivity index (χ0n) is 13.8. The lowest BCUT2D eigenvalue weighted by molar-refractivity contribution is 0.267. The molecule has 0 saturated heterocycles. The van der Waals surface area contributed by atoms with E-state index in [1.807, 2.05) is 19.1 Å². The minimum Gasteiger partial charge on any atom is -0.490 e. The summed E-state index contributed by atoms with van der Waals surface area (Å²) in [4.78, 5) is 0. The van der Waals surface area contributed by atoms with Crippen molar-refractivity contribution in [2.24, 2.45) is 0 Å². The Hall–Kier alpha value is -0.980. The van der Waals surface area contributed by atoms with Gasteiger partial charge in [0.2, 0.25) is 0 Å². The molecule has 0 aliphatic carbocycles. The Morgan fingerprint density at radius 1 is 1.16 bits per heavy atom. The maximum absolute atomic E-state index is 8.87. The molecule has 0 spiro atoms. The Bertz CT molecular complexity index is 693. The molecule has 4 nitrogen and oxygen atoms in total. The maximum Gasteiger partial charge on any atom is 0.175 e. The Labute approximate surface area is 166 Å². The molecule has 0 bridgehead atoms. The molecule has 0 heterocycles. The first-order valence-electron chi connectivity index (χ1n) is 7.89. The molecule has 0 amide bonds. The second kappa shape index (κ2) is 10.2. The summed E-state index contributed by atoms with van der Waals surface area (Å²) in [7, 11) is 0. The van der Waals surface area contributed by atoms with Gasteiger partial charge < -0.3 is 19.9 Å². The molecule has 0 saturated carbocycles. The van der Waals surface area contributed by atoms with E-state index < -0.39 is 0 Å². The van der Waals surface area contributed by atoms with Gasteiger partial charge in [-0.3, -0.25) is 0 Å². The number of ether oxygens (including phenoxy) is 2. The van der Waals surface area contributed by atoms with Crippen LogP contribution in [-0.2, 0) is 13.2 Å². The zero-order chi connectivity index (χ0) is 18.2. The average molecular weight is 449 g/mol. The third-order valence-electron chi connectivity index (χ3n) is 3.41. The number of hydrogen-bond donors (Lipinski definition) is 2. The summed E-state index contributed by atoms with van der Waals surface area (Å²) >= 11 is 15.9. The van der Waals surface area contributed by atoms with Crippen LogP contribution in [0.25, 0.3) is 0 Å². The van der Waals surface area contributed by atoms with E-state index in [1.165, 1.54) is 0 Å². The van der Waals surface area contributed by atoms with E-state index in [4.69, 9.17) is 37.8 Å². The normalized spacial score (nSPS) is 10.8. The van der Waals surface area contributed by atoms with Gasteiger partial charge in [-0.15, -0.1) is 0 Å². The topological polar surface area (TPSA) is 50.7 Å². The number of nitrogens with one attached hydrogen (secondary N) is 1. The van der Waals surface area contributed by atoms with Gasteiger partial charge >= 0.3 is 0 Å². The minimum atomic E-state index is 0.0965. The van der Waals surface area contributed by atoms with E-state index in [0.29, 0.717) is 41.2 Å². The van der Waals surface area contributed by atoms with Gasteiger partial charge in [0, 0.05) is 28.7 Å². The predicted octanol–water partition coefficient (Wildman–Crippen LogP) is 4.82. The van der Waals surface area contributed by atoms with E-state index >= 15 is 0 Å². The van der Waals surface area contributed by atoms with Gasteiger partial charge in [-0.25, -0.2) is 0 Å². The molecule has 0 aliphatic heterocycles. The molecule has 2 N–H and O–H groups in total. The van der Waals surface area contributed by atoms with Gasteiger partial charge in [-0.1, -0.05) is 29.3 Å². The second-order valence-electron chi connectivity index (χ2n) is 5.23. The van der Waals surface area contributed by atoms with Crippen LogP contribution in [0.4, 0.5) is 0 Å². The highest BCUT2D eigenvalue weighted by Gasteiger charge is 2.14. The monoisotopic (exact) mass is 447 g/mol. The molecule has 0 fully saturated rings. The number of aliphatic hydroxyl groups excluding tert-OH is 1. The number of aliphatic hydroxyl groups is 1. The highest BCUT2D eigenvalue weighted by molar-refractivity contribution is 9.10. The van der Waals surface area contributed by atoms with Crippen LogP contribution >= 0.6 is 39.1 Å². The first-order valence-corrected chi connectivity index (χ1v) is 9.44. The molecule has 0 unspecified atom stereocenters. The maximum atomic E-state index is 8.87. The number of hydrogen-bond acceptors (Lipinski definition) is 4. The molecule has 25 heavy (non-hydrogen) atoms. The van der Waals surface area contributed by atoms with E-state index in [2.05, 4.69) is 21.2 Å². The van der Waals surface area contributed by atoms with Gasteiger partial charge in [0.05, 0.1) is 17.7 Å². The summed E-state index contributed by atoms with van der Waals surface area (Å²) < 4.78 is 12.4. The van der Waals surface area contributed by atoms with E-state index in [-0.39, 0.29) is 13.2 Å². The fourth-order valence-electron chi connectivity index (χ4n) is 2.25. The largest absolute Gasteiger partial charge is 0.490 e. The summed E-state index contributed by atoms with van der Waals surface area (Å²) in [5.41, 5.74) is 1.75. The zero-order valence-corrected chi connectivity index (χ0v) is 16.9. The number of halogens is 3. The molecule has 0 atom stereocenters. The van der Waals surface area contributed by atoms with Crippen LogP contribution in [0.15, 0.2) is 34.8 Å². The molecule has 2 aromatic rings. The van der Waals surface area contributed by atoms with Crippen molar-refractivity contribution < 1.29 is 14.6 Å². The fourth-order valence-corrected chi connectivity index (χ4v) is 3.36. The van der Waals surface area contributed by atoms with Crippen molar-refractivity contribution in [3.05, 3.63) is 56.0 Å². The third kappa shape index (κ3) is 5.76. The van der Waals surface area contributed by atoms with Crippen molar-refractivity contribution in [3.63, 3.8) is 0 Å². The smallest absolute Gasteiger partial charge is 0.175 e. The van der Waals surface area contributed by atoms with Crippen molar-refractivity contribution in [1.82, 2.24) is 5.32 Å². The molecule has 0 aliphatic rings. The summed E-state index contributed by atoms with van der Waals surface area (Å²) in [5.74, 6) is 1.24. The second-order valence-corrected chi connectivity index (χ2v) is 6.90. The average Bonchev–Trinajstić information content (AvgIpc) is 2.57. The lowest BCUT2D eigenvalue weighted by Gasteiger charge is -2.16. The van der Waals surface area contributed by atoms with Crippen molar-refractivity contribution in [3.8, 4) is 11.5 Å². The SMILES string of the molecule is CCOc1cc(CNCCO)cc(Br)c1OCc1c(Cl)cccc1Cl. The van der Waals surface area contributed by atoms with Crippen LogP contribution in [-0.4, -0.2) is 24.9 Å². The van der Waals surface area contributed by atoms with Crippen molar-refractivity contribution in [1.29, 1.82) is 0 Å². The summed E-state index contributed by atoms with van der Waals surface area (Å²) in [6.45, 7) is 3.92.